The quantitative estimate of drug-likeness (QED) is 0.718. The van der Waals surface area contributed by atoms with Crippen LogP contribution in [-0.2, 0) is 22.5 Å². The first-order valence-corrected chi connectivity index (χ1v) is 8.97. The summed E-state index contributed by atoms with van der Waals surface area (Å²) < 4.78 is 59.0. The number of aromatic nitrogens is 4. The molecule has 0 aliphatic heterocycles. The van der Waals surface area contributed by atoms with E-state index in [-0.39, 0.29) is 12.4 Å². The van der Waals surface area contributed by atoms with Gasteiger partial charge in [0.1, 0.15) is 5.65 Å². The number of alkyl halides is 3. The van der Waals surface area contributed by atoms with Gasteiger partial charge >= 0.3 is 12.1 Å². The van der Waals surface area contributed by atoms with Crippen molar-refractivity contribution in [2.75, 3.05) is 12.5 Å². The van der Waals surface area contributed by atoms with Crippen LogP contribution in [0.1, 0.15) is 11.6 Å². The maximum absolute atomic E-state index is 12.5. The number of nitrogens with zero attached hydrogens (tertiary/aromatic N) is 5. The van der Waals surface area contributed by atoms with E-state index in [4.69, 9.17) is 0 Å². The van der Waals surface area contributed by atoms with Crippen LogP contribution in [0.4, 0.5) is 13.2 Å². The van der Waals surface area contributed by atoms with Crippen molar-refractivity contribution >= 4 is 15.4 Å². The Morgan fingerprint density at radius 2 is 2.08 bits per heavy atom. The smallest absolute Gasteiger partial charge is 0.329 e. The van der Waals surface area contributed by atoms with Gasteiger partial charge in [-0.3, -0.25) is 4.21 Å². The molecule has 0 radical (unpaired) electrons. The molecule has 0 unspecified atom stereocenters. The number of imidazole rings is 1. The van der Waals surface area contributed by atoms with Crippen molar-refractivity contribution in [2.24, 2.45) is 4.36 Å². The summed E-state index contributed by atoms with van der Waals surface area (Å²) in [6.45, 7) is 0.184. The first-order valence-electron chi connectivity index (χ1n) is 6.64. The van der Waals surface area contributed by atoms with Gasteiger partial charge in [0.15, 0.2) is 0 Å². The van der Waals surface area contributed by atoms with E-state index >= 15 is 0 Å². The van der Waals surface area contributed by atoms with Gasteiger partial charge < -0.3 is 8.92 Å². The van der Waals surface area contributed by atoms with Crippen molar-refractivity contribution in [3.63, 3.8) is 0 Å². The van der Waals surface area contributed by atoms with Crippen molar-refractivity contribution in [3.05, 3.63) is 36.1 Å². The molecule has 3 heterocycles. The number of rotatable bonds is 3. The third-order valence-electron chi connectivity index (χ3n) is 2.97. The predicted molar refractivity (Wildman–Crippen MR) is 79.6 cm³/mol. The largest absolute Gasteiger partial charge is 0.471 e. The average molecular weight is 359 g/mol. The molecule has 0 amide bonds. The zero-order valence-electron chi connectivity index (χ0n) is 12.6. The topological polar surface area (TPSA) is 85.7 Å². The minimum atomic E-state index is -4.69. The molecule has 0 bridgehead atoms. The molecule has 7 nitrogen and oxygen atoms in total. The molecule has 24 heavy (non-hydrogen) atoms. The zero-order chi connectivity index (χ0) is 17.5. The molecule has 0 spiro atoms. The molecule has 3 aromatic rings. The summed E-state index contributed by atoms with van der Waals surface area (Å²) in [7, 11) is -2.24. The number of fused-ring (bicyclic) bond motifs is 1. The summed E-state index contributed by atoms with van der Waals surface area (Å²) in [5, 5.41) is 3.34. The highest BCUT2D eigenvalue weighted by Gasteiger charge is 2.38. The molecule has 0 fully saturated rings. The van der Waals surface area contributed by atoms with Crippen LogP contribution in [0.15, 0.2) is 33.4 Å². The molecule has 0 aliphatic carbocycles. The average Bonchev–Trinajstić information content (AvgIpc) is 3.09. The molecule has 3 rings (SSSR count). The molecule has 0 N–H and O–H groups in total. The van der Waals surface area contributed by atoms with E-state index in [9.17, 15) is 17.4 Å². The van der Waals surface area contributed by atoms with Gasteiger partial charge in [0.25, 0.3) is 0 Å². The lowest BCUT2D eigenvalue weighted by Crippen LogP contribution is -2.04. The fraction of sp³-hybridized carbons (Fsp3) is 0.308. The first-order chi connectivity index (χ1) is 11.1. The normalized spacial score (nSPS) is 12.7. The van der Waals surface area contributed by atoms with Gasteiger partial charge in [-0.25, -0.2) is 9.35 Å². The van der Waals surface area contributed by atoms with Gasteiger partial charge in [0, 0.05) is 40.2 Å². The van der Waals surface area contributed by atoms with Crippen LogP contribution < -0.4 is 0 Å². The van der Waals surface area contributed by atoms with Gasteiger partial charge in [-0.15, -0.1) is 0 Å². The number of pyridine rings is 1. The summed E-state index contributed by atoms with van der Waals surface area (Å²) in [5.41, 5.74) is 1.41. The SMILES string of the molecule is CS(C)(=O)=NCc1cn2ccc(-c3noc(C(F)(F)F)n3)cc2n1. The molecular weight excluding hydrogens is 347 g/mol. The van der Waals surface area contributed by atoms with E-state index in [0.717, 1.165) is 0 Å². The number of hydrogen-bond donors (Lipinski definition) is 0. The first kappa shape index (κ1) is 16.4. The number of hydrogen-bond acceptors (Lipinski definition) is 6. The van der Waals surface area contributed by atoms with Crippen molar-refractivity contribution in [2.45, 2.75) is 12.7 Å². The minimum Gasteiger partial charge on any atom is -0.329 e. The van der Waals surface area contributed by atoms with E-state index in [2.05, 4.69) is 24.0 Å². The Hall–Kier alpha value is -2.43. The molecule has 0 saturated carbocycles. The molecule has 0 atom stereocenters. The maximum Gasteiger partial charge on any atom is 0.471 e. The van der Waals surface area contributed by atoms with Crippen LogP contribution in [0.3, 0.4) is 0 Å². The summed E-state index contributed by atoms with van der Waals surface area (Å²) >= 11 is 0. The number of halogens is 3. The Bertz CT molecular complexity index is 1010. The standard InChI is InChI=1S/C13H12F3N5O2S/c1-24(2,22)17-6-9-7-21-4-3-8(5-10(21)18-9)11-19-12(23-20-11)13(14,15)16/h3-5,7H,6H2,1-2H3. The summed E-state index contributed by atoms with van der Waals surface area (Å²) in [6, 6.07) is 3.08. The lowest BCUT2D eigenvalue weighted by Gasteiger charge is -1.97. The highest BCUT2D eigenvalue weighted by atomic mass is 32.2. The van der Waals surface area contributed by atoms with Gasteiger partial charge in [-0.05, 0) is 12.1 Å². The van der Waals surface area contributed by atoms with Crippen molar-refractivity contribution in [3.8, 4) is 11.4 Å². The van der Waals surface area contributed by atoms with E-state index in [0.29, 0.717) is 16.9 Å². The third kappa shape index (κ3) is 3.55. The zero-order valence-corrected chi connectivity index (χ0v) is 13.4. The molecule has 3 aromatic heterocycles. The van der Waals surface area contributed by atoms with Crippen LogP contribution in [-0.4, -0.2) is 36.2 Å². The Morgan fingerprint density at radius 3 is 2.71 bits per heavy atom. The van der Waals surface area contributed by atoms with Crippen LogP contribution >= 0.6 is 0 Å². The summed E-state index contributed by atoms with van der Waals surface area (Å²) in [6.07, 6.45) is 1.67. The Labute approximate surface area is 134 Å². The third-order valence-corrected chi connectivity index (χ3v) is 3.73. The summed E-state index contributed by atoms with van der Waals surface area (Å²) in [4.78, 5) is 7.63. The van der Waals surface area contributed by atoms with E-state index in [1.54, 1.807) is 22.9 Å². The Morgan fingerprint density at radius 1 is 1.33 bits per heavy atom. The fourth-order valence-corrected chi connectivity index (χ4v) is 2.37. The lowest BCUT2D eigenvalue weighted by molar-refractivity contribution is -0.159. The van der Waals surface area contributed by atoms with Crippen molar-refractivity contribution < 1.29 is 21.9 Å². The van der Waals surface area contributed by atoms with Crippen LogP contribution in [0.2, 0.25) is 0 Å². The summed E-state index contributed by atoms with van der Waals surface area (Å²) in [5.74, 6) is -1.58. The highest BCUT2D eigenvalue weighted by Crippen LogP contribution is 2.29. The molecule has 0 aliphatic rings. The monoisotopic (exact) mass is 359 g/mol. The predicted octanol–water partition coefficient (Wildman–Crippen LogP) is 2.63. The van der Waals surface area contributed by atoms with Gasteiger partial charge in [0.05, 0.1) is 12.2 Å². The van der Waals surface area contributed by atoms with Gasteiger partial charge in [0.2, 0.25) is 5.82 Å². The second kappa shape index (κ2) is 5.58. The molecule has 11 heteroatoms. The maximum atomic E-state index is 12.5. The van der Waals surface area contributed by atoms with E-state index < -0.39 is 21.8 Å². The second-order valence-corrected chi connectivity index (χ2v) is 7.92. The van der Waals surface area contributed by atoms with E-state index in [1.807, 2.05) is 0 Å². The molecule has 0 saturated heterocycles. The van der Waals surface area contributed by atoms with E-state index in [1.165, 1.54) is 18.6 Å². The molecule has 0 aromatic carbocycles. The van der Waals surface area contributed by atoms with Crippen molar-refractivity contribution in [1.29, 1.82) is 0 Å². The Balaban J connectivity index is 1.94. The van der Waals surface area contributed by atoms with Crippen molar-refractivity contribution in [1.82, 2.24) is 19.5 Å². The second-order valence-electron chi connectivity index (χ2n) is 5.30. The highest BCUT2D eigenvalue weighted by molar-refractivity contribution is 7.92. The van der Waals surface area contributed by atoms with Crippen LogP contribution in [0, 0.1) is 0 Å². The van der Waals surface area contributed by atoms with Gasteiger partial charge in [-0.1, -0.05) is 5.16 Å². The van der Waals surface area contributed by atoms with Crippen LogP contribution in [0.5, 0.6) is 0 Å². The molecular formula is C13H12F3N5O2S. The fourth-order valence-electron chi connectivity index (χ4n) is 1.93. The Kier molecular flexibility index (Phi) is 3.82. The van der Waals surface area contributed by atoms with Crippen LogP contribution in [0.25, 0.3) is 17.0 Å². The van der Waals surface area contributed by atoms with Gasteiger partial charge in [-0.2, -0.15) is 18.2 Å². The lowest BCUT2D eigenvalue weighted by atomic mass is 10.2. The minimum absolute atomic E-state index is 0.177. The molecule has 128 valence electrons.